The lowest BCUT2D eigenvalue weighted by Crippen LogP contribution is -2.02. The normalized spacial score (nSPS) is 12.1. The number of rotatable bonds is 5. The Balaban J connectivity index is 0.990. The average Bonchev–Trinajstić information content (AvgIpc) is 4.16. The van der Waals surface area contributed by atoms with Crippen molar-refractivity contribution in [3.05, 3.63) is 206 Å². The van der Waals surface area contributed by atoms with Gasteiger partial charge in [-0.15, -0.1) is 22.7 Å². The molecule has 0 spiro atoms. The predicted molar refractivity (Wildman–Crippen MR) is 286 cm³/mol. The quantitative estimate of drug-likeness (QED) is 0.173. The predicted octanol–water partition coefficient (Wildman–Crippen LogP) is 17.4. The summed E-state index contributed by atoms with van der Waals surface area (Å²) in [5.74, 6) is 1.85. The minimum atomic E-state index is 0.598. The molecule has 0 fully saturated rings. The second-order valence-corrected chi connectivity index (χ2v) is 19.7. The number of thiophene rings is 2. The van der Waals surface area contributed by atoms with E-state index >= 15 is 0 Å². The molecule has 15 rings (SSSR count). The van der Waals surface area contributed by atoms with Gasteiger partial charge in [0.05, 0.1) is 16.7 Å². The first-order chi connectivity index (χ1) is 33.6. The smallest absolute Gasteiger partial charge is 0.164 e. The SMILES string of the molecule is c1ccc2cc3c(cc2c1)c1ccccc1n3-c1ccc(-c2nc(-c3ccc4sc5ccccc5c4c3)nc(-c3ccc4sc5ccccc5c4c3)n2)cc1-c1ccc2c(c1)oc1ccccc12. The Labute approximate surface area is 396 Å². The van der Waals surface area contributed by atoms with Crippen LogP contribution in [0.4, 0.5) is 0 Å². The van der Waals surface area contributed by atoms with E-state index in [0.29, 0.717) is 17.5 Å². The van der Waals surface area contributed by atoms with Crippen LogP contribution in [0.3, 0.4) is 0 Å². The summed E-state index contributed by atoms with van der Waals surface area (Å²) in [7, 11) is 0. The van der Waals surface area contributed by atoms with Gasteiger partial charge in [0.25, 0.3) is 0 Å². The van der Waals surface area contributed by atoms with E-state index in [9.17, 15) is 0 Å². The molecule has 15 aromatic rings. The molecule has 0 radical (unpaired) electrons. The molecule has 0 aliphatic heterocycles. The largest absolute Gasteiger partial charge is 0.456 e. The third kappa shape index (κ3) is 5.76. The molecule has 5 aromatic heterocycles. The van der Waals surface area contributed by atoms with Crippen LogP contribution >= 0.6 is 22.7 Å². The topological polar surface area (TPSA) is 56.7 Å². The van der Waals surface area contributed by atoms with E-state index in [1.807, 2.05) is 34.8 Å². The number of hydrogen-bond donors (Lipinski definition) is 0. The summed E-state index contributed by atoms with van der Waals surface area (Å²) in [6.45, 7) is 0. The Morgan fingerprint density at radius 3 is 1.53 bits per heavy atom. The molecule has 5 nitrogen and oxygen atoms in total. The minimum absolute atomic E-state index is 0.598. The average molecular weight is 903 g/mol. The van der Waals surface area contributed by atoms with Crippen LogP contribution in [0.25, 0.3) is 146 Å². The molecule has 10 aromatic carbocycles. The molecule has 0 atom stereocenters. The lowest BCUT2D eigenvalue weighted by Gasteiger charge is -2.16. The van der Waals surface area contributed by atoms with E-state index in [4.69, 9.17) is 19.4 Å². The summed E-state index contributed by atoms with van der Waals surface area (Å²) in [4.78, 5) is 16.0. The van der Waals surface area contributed by atoms with Crippen molar-refractivity contribution in [3.8, 4) is 51.0 Å². The molecule has 0 aliphatic carbocycles. The highest BCUT2D eigenvalue weighted by Crippen LogP contribution is 2.43. The Bertz CT molecular complexity index is 4460. The number of hydrogen-bond acceptors (Lipinski definition) is 6. The third-order valence-corrected chi connectivity index (χ3v) is 15.9. The van der Waals surface area contributed by atoms with Crippen molar-refractivity contribution in [2.45, 2.75) is 0 Å². The molecular formula is C61H34N4OS2. The van der Waals surface area contributed by atoms with Gasteiger partial charge < -0.3 is 8.98 Å². The Kier molecular flexibility index (Phi) is 8.04. The van der Waals surface area contributed by atoms with Crippen LogP contribution in [0.2, 0.25) is 0 Å². The van der Waals surface area contributed by atoms with Crippen LogP contribution in [0.5, 0.6) is 0 Å². The fraction of sp³-hybridized carbons (Fsp3) is 0. The van der Waals surface area contributed by atoms with Gasteiger partial charge in [0, 0.05) is 84.1 Å². The van der Waals surface area contributed by atoms with Gasteiger partial charge in [0.15, 0.2) is 17.5 Å². The van der Waals surface area contributed by atoms with E-state index in [1.165, 1.54) is 61.9 Å². The van der Waals surface area contributed by atoms with Crippen molar-refractivity contribution in [1.82, 2.24) is 19.5 Å². The van der Waals surface area contributed by atoms with Crippen LogP contribution in [0.1, 0.15) is 0 Å². The van der Waals surface area contributed by atoms with Crippen molar-refractivity contribution in [3.63, 3.8) is 0 Å². The molecule has 68 heavy (non-hydrogen) atoms. The summed E-state index contributed by atoms with van der Waals surface area (Å²) in [5, 5.41) is 11.9. The third-order valence-electron chi connectivity index (χ3n) is 13.6. The van der Waals surface area contributed by atoms with Gasteiger partial charge in [0.2, 0.25) is 0 Å². The first-order valence-electron chi connectivity index (χ1n) is 22.7. The highest BCUT2D eigenvalue weighted by atomic mass is 32.1. The van der Waals surface area contributed by atoms with Gasteiger partial charge in [-0.3, -0.25) is 0 Å². The summed E-state index contributed by atoms with van der Waals surface area (Å²) >= 11 is 3.62. The molecular weight excluding hydrogens is 869 g/mol. The van der Waals surface area contributed by atoms with Gasteiger partial charge in [-0.25, -0.2) is 15.0 Å². The molecule has 316 valence electrons. The van der Waals surface area contributed by atoms with E-state index < -0.39 is 0 Å². The van der Waals surface area contributed by atoms with Crippen LogP contribution in [0, 0.1) is 0 Å². The van der Waals surface area contributed by atoms with Crippen molar-refractivity contribution < 1.29 is 4.42 Å². The number of nitrogens with zero attached hydrogens (tertiary/aromatic N) is 4. The summed E-state index contributed by atoms with van der Waals surface area (Å²) < 4.78 is 14.0. The maximum Gasteiger partial charge on any atom is 0.164 e. The van der Waals surface area contributed by atoms with E-state index in [1.54, 1.807) is 0 Å². The van der Waals surface area contributed by atoms with Gasteiger partial charge in [-0.2, -0.15) is 0 Å². The molecule has 5 heterocycles. The lowest BCUT2D eigenvalue weighted by atomic mass is 9.98. The highest BCUT2D eigenvalue weighted by Gasteiger charge is 2.21. The molecule has 0 saturated heterocycles. The van der Waals surface area contributed by atoms with Gasteiger partial charge in [-0.1, -0.05) is 103 Å². The van der Waals surface area contributed by atoms with E-state index in [-0.39, 0.29) is 0 Å². The first kappa shape index (κ1) is 37.7. The van der Waals surface area contributed by atoms with Gasteiger partial charge in [0.1, 0.15) is 11.2 Å². The molecule has 0 amide bonds. The zero-order valence-corrected chi connectivity index (χ0v) is 37.8. The number of aromatic nitrogens is 4. The number of para-hydroxylation sites is 2. The summed E-state index contributed by atoms with van der Waals surface area (Å²) in [5.41, 5.74) is 9.85. The standard InChI is InChI=1S/C61H34N4OS2/c1-2-12-36-33-52-47(29-35(36)11-1)41-13-3-7-17-50(41)65(52)51-26-22-38(30-46(51)37-21-25-43-42-14-4-8-18-53(42)66-54(43)34-37)59-62-60(39-23-27-57-48(31-39)44-15-5-9-19-55(44)67-57)64-61(63-59)40-24-28-58-49(32-40)45-16-6-10-20-56(45)68-58/h1-34H. The number of benzene rings is 10. The van der Waals surface area contributed by atoms with Crippen molar-refractivity contribution in [1.29, 1.82) is 0 Å². The van der Waals surface area contributed by atoms with Crippen molar-refractivity contribution in [2.75, 3.05) is 0 Å². The van der Waals surface area contributed by atoms with E-state index in [2.05, 4.69) is 199 Å². The van der Waals surface area contributed by atoms with Gasteiger partial charge in [-0.05, 0) is 119 Å². The maximum absolute atomic E-state index is 6.54. The molecule has 0 unspecified atom stereocenters. The fourth-order valence-electron chi connectivity index (χ4n) is 10.4. The van der Waals surface area contributed by atoms with Crippen LogP contribution in [-0.2, 0) is 0 Å². The zero-order valence-electron chi connectivity index (χ0n) is 36.1. The first-order valence-corrected chi connectivity index (χ1v) is 24.4. The van der Waals surface area contributed by atoms with Gasteiger partial charge >= 0.3 is 0 Å². The minimum Gasteiger partial charge on any atom is -0.456 e. The van der Waals surface area contributed by atoms with Crippen LogP contribution in [-0.4, -0.2) is 19.5 Å². The number of fused-ring (bicyclic) bond motifs is 13. The molecule has 0 aliphatic rings. The van der Waals surface area contributed by atoms with Crippen LogP contribution < -0.4 is 0 Å². The lowest BCUT2D eigenvalue weighted by molar-refractivity contribution is 0.669. The Hall–Kier alpha value is -8.49. The second kappa shape index (κ2) is 14.5. The number of furan rings is 1. The van der Waals surface area contributed by atoms with Crippen molar-refractivity contribution in [2.24, 2.45) is 0 Å². The second-order valence-electron chi connectivity index (χ2n) is 17.5. The monoisotopic (exact) mass is 902 g/mol. The fourth-order valence-corrected chi connectivity index (χ4v) is 12.6. The Morgan fingerprint density at radius 1 is 0.324 bits per heavy atom. The highest BCUT2D eigenvalue weighted by molar-refractivity contribution is 7.26. The maximum atomic E-state index is 6.54. The molecule has 0 bridgehead atoms. The molecule has 7 heteroatoms. The van der Waals surface area contributed by atoms with E-state index in [0.717, 1.165) is 66.5 Å². The Morgan fingerprint density at radius 2 is 0.838 bits per heavy atom. The summed E-state index contributed by atoms with van der Waals surface area (Å²) in [6, 6.07) is 74.0. The molecule has 0 N–H and O–H groups in total. The molecule has 0 saturated carbocycles. The van der Waals surface area contributed by atoms with Crippen molar-refractivity contribution >= 4 is 118 Å². The zero-order chi connectivity index (χ0) is 44.5. The summed E-state index contributed by atoms with van der Waals surface area (Å²) in [6.07, 6.45) is 0. The van der Waals surface area contributed by atoms with Crippen LogP contribution in [0.15, 0.2) is 211 Å².